The summed E-state index contributed by atoms with van der Waals surface area (Å²) in [4.78, 5) is 4.61. The molecule has 0 bridgehead atoms. The molecule has 19 heavy (non-hydrogen) atoms. The Morgan fingerprint density at radius 2 is 2.00 bits per heavy atom. The van der Waals surface area contributed by atoms with Crippen LogP contribution in [0, 0.1) is 6.92 Å². The summed E-state index contributed by atoms with van der Waals surface area (Å²) >= 11 is 2.32. The minimum absolute atomic E-state index is 0.979. The minimum Gasteiger partial charge on any atom is -0.301 e. The van der Waals surface area contributed by atoms with Crippen LogP contribution in [-0.2, 0) is 0 Å². The predicted molar refractivity (Wildman–Crippen MR) is 94.4 cm³/mol. The number of imidazole rings is 1. The highest BCUT2D eigenvalue weighted by Crippen LogP contribution is 2.20. The molecule has 0 aromatic carbocycles. The molecule has 0 atom stereocenters. The highest BCUT2D eigenvalue weighted by Gasteiger charge is 2.10. The summed E-state index contributed by atoms with van der Waals surface area (Å²) in [6.07, 6.45) is 10.3. The van der Waals surface area contributed by atoms with Crippen LogP contribution in [0.5, 0.6) is 0 Å². The summed E-state index contributed by atoms with van der Waals surface area (Å²) in [5, 5.41) is 0. The van der Waals surface area contributed by atoms with E-state index < -0.39 is 0 Å². The molecule has 0 saturated heterocycles. The van der Waals surface area contributed by atoms with E-state index in [0.717, 1.165) is 27.3 Å². The molecule has 1 rings (SSSR count). The summed E-state index contributed by atoms with van der Waals surface area (Å²) in [5.74, 6) is 0.985. The topological polar surface area (TPSA) is 17.8 Å². The third-order valence-corrected chi connectivity index (χ3v) is 3.19. The molecule has 0 aliphatic heterocycles. The number of alkyl halides is 1. The largest absolute Gasteiger partial charge is 0.301 e. The van der Waals surface area contributed by atoms with Gasteiger partial charge < -0.3 is 4.57 Å². The van der Waals surface area contributed by atoms with Crippen LogP contribution in [0.1, 0.15) is 38.0 Å². The quantitative estimate of drug-likeness (QED) is 0.401. The SMILES string of the molecule is C=Cc1c(/C=C\CI)nc(C)n1/C(C)=C/C=C(C)C. The van der Waals surface area contributed by atoms with E-state index in [1.807, 2.05) is 13.0 Å². The number of rotatable bonds is 5. The number of halogens is 1. The van der Waals surface area contributed by atoms with Crippen LogP contribution in [-0.4, -0.2) is 14.0 Å². The molecule has 2 nitrogen and oxygen atoms in total. The van der Waals surface area contributed by atoms with Gasteiger partial charge in [0.2, 0.25) is 0 Å². The van der Waals surface area contributed by atoms with Crippen molar-refractivity contribution in [1.29, 1.82) is 0 Å². The number of allylic oxidation sites excluding steroid dienone is 5. The molecule has 0 spiro atoms. The summed E-state index contributed by atoms with van der Waals surface area (Å²) in [7, 11) is 0. The van der Waals surface area contributed by atoms with Crippen molar-refractivity contribution in [3.63, 3.8) is 0 Å². The van der Waals surface area contributed by atoms with Crippen molar-refractivity contribution in [1.82, 2.24) is 9.55 Å². The lowest BCUT2D eigenvalue weighted by Gasteiger charge is -2.08. The summed E-state index contributed by atoms with van der Waals surface area (Å²) in [6, 6.07) is 0. The fourth-order valence-electron chi connectivity index (χ4n) is 1.85. The molecule has 0 saturated carbocycles. The number of nitrogens with zero attached hydrogens (tertiary/aromatic N) is 2. The molecule has 0 unspecified atom stereocenters. The van der Waals surface area contributed by atoms with E-state index in [9.17, 15) is 0 Å². The lowest BCUT2D eigenvalue weighted by Crippen LogP contribution is -1.99. The second-order valence-electron chi connectivity index (χ2n) is 4.58. The molecule has 3 heteroatoms. The normalized spacial score (nSPS) is 11.9. The average molecular weight is 368 g/mol. The smallest absolute Gasteiger partial charge is 0.111 e. The van der Waals surface area contributed by atoms with Crippen molar-refractivity contribution in [3.05, 3.63) is 47.6 Å². The van der Waals surface area contributed by atoms with Crippen LogP contribution < -0.4 is 0 Å². The lowest BCUT2D eigenvalue weighted by molar-refractivity contribution is 0.980. The van der Waals surface area contributed by atoms with Gasteiger partial charge in [0.25, 0.3) is 0 Å². The first-order chi connectivity index (χ1) is 9.01. The zero-order valence-electron chi connectivity index (χ0n) is 12.1. The summed E-state index contributed by atoms with van der Waals surface area (Å²) < 4.78 is 3.12. The fraction of sp³-hybridized carbons (Fsp3) is 0.312. The molecule has 0 aliphatic rings. The van der Waals surface area contributed by atoms with Gasteiger partial charge in [0.05, 0.1) is 11.4 Å². The van der Waals surface area contributed by atoms with Crippen molar-refractivity contribution >= 4 is 40.4 Å². The Kier molecular flexibility index (Phi) is 6.28. The minimum atomic E-state index is 0.979. The second-order valence-corrected chi connectivity index (χ2v) is 5.46. The van der Waals surface area contributed by atoms with Crippen molar-refractivity contribution in [3.8, 4) is 0 Å². The number of aryl methyl sites for hydroxylation is 1. The highest BCUT2D eigenvalue weighted by atomic mass is 127. The Morgan fingerprint density at radius 1 is 1.32 bits per heavy atom. The first-order valence-electron chi connectivity index (χ1n) is 6.27. The third-order valence-electron chi connectivity index (χ3n) is 2.68. The first kappa shape index (κ1) is 16.0. The van der Waals surface area contributed by atoms with E-state index in [-0.39, 0.29) is 0 Å². The number of hydrogen-bond acceptors (Lipinski definition) is 1. The maximum Gasteiger partial charge on any atom is 0.111 e. The van der Waals surface area contributed by atoms with Gasteiger partial charge in [0, 0.05) is 10.1 Å². The van der Waals surface area contributed by atoms with Crippen LogP contribution in [0.3, 0.4) is 0 Å². The van der Waals surface area contributed by atoms with Crippen molar-refractivity contribution in [2.24, 2.45) is 0 Å². The highest BCUT2D eigenvalue weighted by molar-refractivity contribution is 14.1. The van der Waals surface area contributed by atoms with Crippen molar-refractivity contribution in [2.45, 2.75) is 27.7 Å². The lowest BCUT2D eigenvalue weighted by atomic mass is 10.2. The van der Waals surface area contributed by atoms with Crippen molar-refractivity contribution < 1.29 is 0 Å². The Labute approximate surface area is 129 Å². The first-order valence-corrected chi connectivity index (χ1v) is 7.80. The molecular formula is C16H21IN2. The molecule has 0 fully saturated rings. The van der Waals surface area contributed by atoms with E-state index in [1.165, 1.54) is 5.57 Å². The van der Waals surface area contributed by atoms with Crippen LogP contribution >= 0.6 is 22.6 Å². The van der Waals surface area contributed by atoms with E-state index in [4.69, 9.17) is 0 Å². The third kappa shape index (κ3) is 4.20. The van der Waals surface area contributed by atoms with E-state index in [0.29, 0.717) is 0 Å². The summed E-state index contributed by atoms with van der Waals surface area (Å²) in [5.41, 5.74) is 4.46. The van der Waals surface area contributed by atoms with Gasteiger partial charge in [0.1, 0.15) is 5.82 Å². The monoisotopic (exact) mass is 368 g/mol. The Balaban J connectivity index is 3.31. The second kappa shape index (κ2) is 7.48. The van der Waals surface area contributed by atoms with Crippen LogP contribution in [0.25, 0.3) is 17.8 Å². The maximum absolute atomic E-state index is 4.61. The molecular weight excluding hydrogens is 347 g/mol. The summed E-state index contributed by atoms with van der Waals surface area (Å²) in [6.45, 7) is 12.2. The molecule has 0 radical (unpaired) electrons. The fourth-order valence-corrected chi connectivity index (χ4v) is 2.11. The molecule has 1 aromatic heterocycles. The molecule has 0 amide bonds. The van der Waals surface area contributed by atoms with Gasteiger partial charge in [-0.1, -0.05) is 46.9 Å². The number of aromatic nitrogens is 2. The van der Waals surface area contributed by atoms with Crippen LogP contribution in [0.2, 0.25) is 0 Å². The number of hydrogen-bond donors (Lipinski definition) is 0. The van der Waals surface area contributed by atoms with Crippen LogP contribution in [0.15, 0.2) is 30.4 Å². The average Bonchev–Trinajstić information content (AvgIpc) is 2.69. The Morgan fingerprint density at radius 3 is 2.53 bits per heavy atom. The van der Waals surface area contributed by atoms with Gasteiger partial charge >= 0.3 is 0 Å². The zero-order valence-corrected chi connectivity index (χ0v) is 14.2. The zero-order chi connectivity index (χ0) is 14.4. The Bertz CT molecular complexity index is 541. The van der Waals surface area contributed by atoms with Crippen molar-refractivity contribution in [2.75, 3.05) is 4.43 Å². The van der Waals surface area contributed by atoms with Gasteiger partial charge in [-0.3, -0.25) is 0 Å². The standard InChI is InChI=1S/C16H21IN2/c1-6-16-15(8-7-11-17)18-14(5)19(16)13(4)10-9-12(2)3/h6-10H,1,11H2,2-5H3/b8-7-,13-10+. The van der Waals surface area contributed by atoms with Gasteiger partial charge in [-0.25, -0.2) is 4.98 Å². The molecule has 0 aliphatic carbocycles. The van der Waals surface area contributed by atoms with E-state index in [1.54, 1.807) is 0 Å². The van der Waals surface area contributed by atoms with Gasteiger partial charge in [-0.2, -0.15) is 0 Å². The molecule has 0 N–H and O–H groups in total. The van der Waals surface area contributed by atoms with Gasteiger partial charge in [-0.15, -0.1) is 0 Å². The van der Waals surface area contributed by atoms with E-state index in [2.05, 4.69) is 83.8 Å². The van der Waals surface area contributed by atoms with E-state index >= 15 is 0 Å². The molecule has 1 aromatic rings. The van der Waals surface area contributed by atoms with Crippen LogP contribution in [0.4, 0.5) is 0 Å². The maximum atomic E-state index is 4.61. The Hall–Kier alpha value is -1.10. The van der Waals surface area contributed by atoms with Gasteiger partial charge in [-0.05, 0) is 45.9 Å². The van der Waals surface area contributed by atoms with Gasteiger partial charge in [0.15, 0.2) is 0 Å². The molecule has 1 heterocycles. The predicted octanol–water partition coefficient (Wildman–Crippen LogP) is 5.11. The molecule has 102 valence electrons.